The zero-order valence-electron chi connectivity index (χ0n) is 17.7. The predicted octanol–water partition coefficient (Wildman–Crippen LogP) is 5.32. The third-order valence-electron chi connectivity index (χ3n) is 5.00. The van der Waals surface area contributed by atoms with E-state index in [-0.39, 0.29) is 32.8 Å². The Balaban J connectivity index is 1.75. The van der Waals surface area contributed by atoms with E-state index in [9.17, 15) is 26.5 Å². The number of nitrogens with one attached hydrogen (secondary N) is 1. The minimum absolute atomic E-state index is 0.0193. The van der Waals surface area contributed by atoms with Crippen molar-refractivity contribution in [2.75, 3.05) is 4.72 Å². The zero-order chi connectivity index (χ0) is 24.5. The first-order chi connectivity index (χ1) is 16.1. The second-order valence-corrected chi connectivity index (χ2v) is 10.4. The molecule has 0 fully saturated rings. The van der Waals surface area contributed by atoms with Crippen LogP contribution in [-0.2, 0) is 20.1 Å². The summed E-state index contributed by atoms with van der Waals surface area (Å²) in [6, 6.07) is 19.9. The molecule has 174 valence electrons. The van der Waals surface area contributed by atoms with Crippen molar-refractivity contribution in [3.05, 3.63) is 84.4 Å². The van der Waals surface area contributed by atoms with Gasteiger partial charge in [0.2, 0.25) is 0 Å². The molecule has 0 bridgehead atoms. The summed E-state index contributed by atoms with van der Waals surface area (Å²) in [6.45, 7) is 1.63. The van der Waals surface area contributed by atoms with E-state index in [1.165, 1.54) is 24.3 Å². The molecular weight excluding hydrogens is 478 g/mol. The normalized spacial score (nSPS) is 12.3. The number of aromatic hydroxyl groups is 1. The first-order valence-corrected chi connectivity index (χ1v) is 12.8. The summed E-state index contributed by atoms with van der Waals surface area (Å²) in [5, 5.41) is 18.8. The van der Waals surface area contributed by atoms with Crippen molar-refractivity contribution in [1.29, 1.82) is 0 Å². The van der Waals surface area contributed by atoms with Crippen LogP contribution in [0.2, 0.25) is 0 Å². The van der Waals surface area contributed by atoms with Gasteiger partial charge < -0.3 is 5.11 Å². The largest absolute Gasteiger partial charge is 0.505 e. The van der Waals surface area contributed by atoms with E-state index in [1.54, 1.807) is 55.5 Å². The summed E-state index contributed by atoms with van der Waals surface area (Å²) < 4.78 is 61.6. The van der Waals surface area contributed by atoms with E-state index in [0.717, 1.165) is 6.07 Å². The third-order valence-corrected chi connectivity index (χ3v) is 7.41. The first-order valence-electron chi connectivity index (χ1n) is 9.89. The van der Waals surface area contributed by atoms with Crippen molar-refractivity contribution < 1.29 is 26.5 Å². The molecule has 0 aliphatic carbocycles. The predicted molar refractivity (Wildman–Crippen MR) is 128 cm³/mol. The lowest BCUT2D eigenvalue weighted by Crippen LogP contribution is -2.14. The van der Waals surface area contributed by atoms with Crippen molar-refractivity contribution in [2.45, 2.75) is 16.7 Å². The quantitative estimate of drug-likeness (QED) is 0.243. The van der Waals surface area contributed by atoms with Gasteiger partial charge >= 0.3 is 0 Å². The maximum Gasteiger partial charge on any atom is 0.295 e. The number of azo groups is 1. The molecule has 0 aliphatic heterocycles. The van der Waals surface area contributed by atoms with Gasteiger partial charge in [-0.1, -0.05) is 48.5 Å². The number of phenolic OH excluding ortho intramolecular Hbond substituents is 1. The van der Waals surface area contributed by atoms with Crippen LogP contribution in [0.15, 0.2) is 98.9 Å². The van der Waals surface area contributed by atoms with Crippen LogP contribution in [-0.4, -0.2) is 26.5 Å². The molecule has 4 aromatic rings. The van der Waals surface area contributed by atoms with Crippen molar-refractivity contribution in [1.82, 2.24) is 0 Å². The van der Waals surface area contributed by atoms with Crippen LogP contribution in [0.5, 0.6) is 5.75 Å². The van der Waals surface area contributed by atoms with Crippen LogP contribution in [0.3, 0.4) is 0 Å². The number of sulfonamides is 1. The Morgan fingerprint density at radius 1 is 0.765 bits per heavy atom. The van der Waals surface area contributed by atoms with Gasteiger partial charge in [0, 0.05) is 16.5 Å². The van der Waals surface area contributed by atoms with Gasteiger partial charge in [0.25, 0.3) is 20.1 Å². The van der Waals surface area contributed by atoms with Gasteiger partial charge in [0.1, 0.15) is 10.6 Å². The highest BCUT2D eigenvalue weighted by Gasteiger charge is 2.20. The van der Waals surface area contributed by atoms with E-state index < -0.39 is 25.0 Å². The number of benzene rings is 4. The molecule has 34 heavy (non-hydrogen) atoms. The highest BCUT2D eigenvalue weighted by atomic mass is 32.2. The Morgan fingerprint density at radius 2 is 1.41 bits per heavy atom. The van der Waals surface area contributed by atoms with Gasteiger partial charge in [-0.3, -0.25) is 9.27 Å². The molecule has 3 N–H and O–H groups in total. The number of aryl methyl sites for hydroxylation is 1. The highest BCUT2D eigenvalue weighted by Crippen LogP contribution is 2.39. The van der Waals surface area contributed by atoms with Crippen LogP contribution < -0.4 is 4.72 Å². The van der Waals surface area contributed by atoms with Gasteiger partial charge in [-0.05, 0) is 42.8 Å². The molecular formula is C23H19N3O6S2. The van der Waals surface area contributed by atoms with E-state index in [4.69, 9.17) is 0 Å². The summed E-state index contributed by atoms with van der Waals surface area (Å²) in [7, 11) is -8.54. The number of rotatable bonds is 6. The minimum Gasteiger partial charge on any atom is -0.505 e. The molecule has 0 aliphatic rings. The average Bonchev–Trinajstić information content (AvgIpc) is 2.79. The standard InChI is InChI=1S/C23H19N3O6S2/c1-15-11-12-17(13-21(15)33(28,29)26-16-7-3-2-4-8-16)24-25-20-14-22(34(30,31)32)18-9-5-6-10-19(18)23(20)27/h2-14,26-27H,1H3,(H,30,31,32). The zero-order valence-corrected chi connectivity index (χ0v) is 19.4. The minimum atomic E-state index is -4.61. The summed E-state index contributed by atoms with van der Waals surface area (Å²) in [4.78, 5) is -0.455. The third kappa shape index (κ3) is 4.76. The molecule has 0 radical (unpaired) electrons. The number of fused-ring (bicyclic) bond motifs is 1. The molecule has 9 nitrogen and oxygen atoms in total. The molecule has 0 amide bonds. The maximum atomic E-state index is 12.9. The summed E-state index contributed by atoms with van der Waals surface area (Å²) >= 11 is 0. The van der Waals surface area contributed by atoms with Crippen LogP contribution in [0, 0.1) is 6.92 Å². The molecule has 11 heteroatoms. The molecule has 4 rings (SSSR count). The summed E-state index contributed by atoms with van der Waals surface area (Å²) in [5.74, 6) is -0.336. The summed E-state index contributed by atoms with van der Waals surface area (Å²) in [5.41, 5.74) is 0.816. The highest BCUT2D eigenvalue weighted by molar-refractivity contribution is 7.92. The number of hydrogen-bond acceptors (Lipinski definition) is 7. The van der Waals surface area contributed by atoms with Crippen molar-refractivity contribution in [3.63, 3.8) is 0 Å². The fourth-order valence-corrected chi connectivity index (χ4v) is 5.41. The average molecular weight is 498 g/mol. The molecule has 0 heterocycles. The molecule has 0 saturated carbocycles. The summed E-state index contributed by atoms with van der Waals surface area (Å²) in [6.07, 6.45) is 0. The van der Waals surface area contributed by atoms with Gasteiger partial charge in [-0.25, -0.2) is 8.42 Å². The van der Waals surface area contributed by atoms with Crippen LogP contribution in [0.25, 0.3) is 10.8 Å². The molecule has 0 spiro atoms. The molecule has 0 unspecified atom stereocenters. The van der Waals surface area contributed by atoms with Gasteiger partial charge in [-0.15, -0.1) is 5.11 Å². The number of hydrogen-bond donors (Lipinski definition) is 3. The Morgan fingerprint density at radius 3 is 2.09 bits per heavy atom. The lowest BCUT2D eigenvalue weighted by molar-refractivity contribution is 0.480. The smallest absolute Gasteiger partial charge is 0.295 e. The number of para-hydroxylation sites is 1. The van der Waals surface area contributed by atoms with Crippen LogP contribution in [0.1, 0.15) is 5.56 Å². The van der Waals surface area contributed by atoms with Crippen molar-refractivity contribution in [2.24, 2.45) is 10.2 Å². The van der Waals surface area contributed by atoms with Crippen LogP contribution >= 0.6 is 0 Å². The fourth-order valence-electron chi connectivity index (χ4n) is 3.37. The number of phenols is 1. The monoisotopic (exact) mass is 497 g/mol. The first kappa shape index (κ1) is 23.4. The van der Waals surface area contributed by atoms with E-state index in [1.807, 2.05) is 0 Å². The topological polar surface area (TPSA) is 145 Å². The fraction of sp³-hybridized carbons (Fsp3) is 0.0435. The lowest BCUT2D eigenvalue weighted by atomic mass is 10.1. The van der Waals surface area contributed by atoms with E-state index in [0.29, 0.717) is 11.3 Å². The molecule has 0 atom stereocenters. The van der Waals surface area contributed by atoms with Gasteiger partial charge in [-0.2, -0.15) is 13.5 Å². The number of anilines is 1. The lowest BCUT2D eigenvalue weighted by Gasteiger charge is -2.11. The Hall–Kier alpha value is -3.80. The molecule has 0 aromatic heterocycles. The molecule has 0 saturated heterocycles. The number of nitrogens with zero attached hydrogens (tertiary/aromatic N) is 2. The SMILES string of the molecule is Cc1ccc(N=Nc2cc(S(=O)(=O)O)c3ccccc3c2O)cc1S(=O)(=O)Nc1ccccc1. The van der Waals surface area contributed by atoms with Crippen molar-refractivity contribution in [3.8, 4) is 5.75 Å². The van der Waals surface area contributed by atoms with Gasteiger partial charge in [0.05, 0.1) is 10.6 Å². The second kappa shape index (κ2) is 8.86. The molecule has 4 aromatic carbocycles. The van der Waals surface area contributed by atoms with Crippen molar-refractivity contribution >= 4 is 48.0 Å². The maximum absolute atomic E-state index is 12.9. The Kier molecular flexibility index (Phi) is 6.09. The second-order valence-electron chi connectivity index (χ2n) is 7.38. The van der Waals surface area contributed by atoms with Gasteiger partial charge in [0.15, 0.2) is 5.75 Å². The van der Waals surface area contributed by atoms with Crippen LogP contribution in [0.4, 0.5) is 17.1 Å². The van der Waals surface area contributed by atoms with E-state index in [2.05, 4.69) is 15.0 Å². The van der Waals surface area contributed by atoms with E-state index >= 15 is 0 Å². The Bertz CT molecular complexity index is 1630. The Labute approximate surface area is 196 Å².